The summed E-state index contributed by atoms with van der Waals surface area (Å²) in [7, 11) is -2.86. The molecule has 34 heavy (non-hydrogen) atoms. The van der Waals surface area contributed by atoms with Crippen molar-refractivity contribution in [1.82, 2.24) is 15.3 Å². The molecule has 10 nitrogen and oxygen atoms in total. The third-order valence-electron chi connectivity index (χ3n) is 5.52. The Labute approximate surface area is 201 Å². The molecule has 1 heterocycles. The summed E-state index contributed by atoms with van der Waals surface area (Å²) in [4.78, 5) is 38.2. The van der Waals surface area contributed by atoms with Gasteiger partial charge in [-0.1, -0.05) is 48.0 Å². The average molecular weight is 510 g/mol. The number of rotatable bonds is 9. The molecule has 1 aliphatic rings. The molecule has 3 N–H and O–H groups in total. The molecule has 12 heteroatoms. The molecule has 0 aliphatic carbocycles. The second kappa shape index (κ2) is 10.1. The number of nitrogens with zero attached hydrogens (tertiary/aromatic N) is 2. The predicted octanol–water partition coefficient (Wildman–Crippen LogP) is 1.69. The molecule has 1 aliphatic heterocycles. The van der Waals surface area contributed by atoms with Crippen molar-refractivity contribution in [2.75, 3.05) is 25.9 Å². The van der Waals surface area contributed by atoms with Gasteiger partial charge >= 0.3 is 6.03 Å². The number of carbonyl (C=O) groups is 3. The van der Waals surface area contributed by atoms with Gasteiger partial charge in [0.2, 0.25) is 5.91 Å². The quantitative estimate of drug-likeness (QED) is 0.265. The van der Waals surface area contributed by atoms with Gasteiger partial charge in [-0.15, -0.1) is 0 Å². The first-order chi connectivity index (χ1) is 16.0. The molecule has 2 aromatic rings. The van der Waals surface area contributed by atoms with E-state index in [4.69, 9.17) is 16.8 Å². The minimum atomic E-state index is -4.32. The second-order valence-corrected chi connectivity index (χ2v) is 10.4. The highest BCUT2D eigenvalue weighted by Gasteiger charge is 2.42. The highest BCUT2D eigenvalue weighted by molar-refractivity contribution is 7.91. The topological polar surface area (TPSA) is 144 Å². The number of hydrogen-bond donors (Lipinski definition) is 3. The van der Waals surface area contributed by atoms with Gasteiger partial charge in [-0.2, -0.15) is 0 Å². The molecule has 1 unspecified atom stereocenters. The third-order valence-corrected chi connectivity index (χ3v) is 7.62. The summed E-state index contributed by atoms with van der Waals surface area (Å²) in [6, 6.07) is 12.4. The lowest BCUT2D eigenvalue weighted by Gasteiger charge is -2.26. The summed E-state index contributed by atoms with van der Waals surface area (Å²) in [6.45, 7) is -0.221. The Morgan fingerprint density at radius 1 is 1.18 bits per heavy atom. The maximum absolute atomic E-state index is 13.4. The van der Waals surface area contributed by atoms with Crippen LogP contribution in [-0.4, -0.2) is 77.9 Å². The number of sulfone groups is 1. The summed E-state index contributed by atoms with van der Waals surface area (Å²) in [5, 5.41) is 20.3. The molecule has 0 bridgehead atoms. The van der Waals surface area contributed by atoms with Crippen LogP contribution in [0.5, 0.6) is 0 Å². The van der Waals surface area contributed by atoms with Crippen LogP contribution >= 0.6 is 11.6 Å². The number of hydroxylamine groups is 1. The molecule has 0 radical (unpaired) electrons. The first kappa shape index (κ1) is 25.6. The number of urea groups is 1. The number of hydrogen-bond acceptors (Lipinski definition) is 7. The number of carbonyl (C=O) groups excluding carboxylic acids is 3. The number of amides is 4. The van der Waals surface area contributed by atoms with E-state index in [1.807, 2.05) is 0 Å². The van der Waals surface area contributed by atoms with Gasteiger partial charge in [0.05, 0.1) is 10.6 Å². The van der Waals surface area contributed by atoms with Gasteiger partial charge in [0.15, 0.2) is 15.4 Å². The highest BCUT2D eigenvalue weighted by atomic mass is 35.5. The number of likely N-dealkylation sites (N-methyl/N-ethyl adjacent to an activating group) is 1. The van der Waals surface area contributed by atoms with Gasteiger partial charge in [0.1, 0.15) is 6.54 Å². The standard InChI is InChI=1S/C22H24ClN3O7S/c1-25-13-19(27)26(21(25)29)11-5-10-22(30,20(28)24-31)14-34(32,33)18-12-16(23)8-9-17(18)15-6-3-2-4-7-15/h2-4,6-9,12,30-31H,5,10-11,13-14H2,1H3,(H,24,28). The van der Waals surface area contributed by atoms with E-state index < -0.39 is 45.5 Å². The van der Waals surface area contributed by atoms with E-state index in [-0.39, 0.29) is 29.4 Å². The van der Waals surface area contributed by atoms with Crippen LogP contribution in [0.2, 0.25) is 5.02 Å². The molecular weight excluding hydrogens is 486 g/mol. The lowest BCUT2D eigenvalue weighted by molar-refractivity contribution is -0.147. The van der Waals surface area contributed by atoms with E-state index in [0.717, 1.165) is 4.90 Å². The number of benzene rings is 2. The molecule has 0 aromatic heterocycles. The van der Waals surface area contributed by atoms with Gasteiger partial charge in [0.25, 0.3) is 5.91 Å². The zero-order chi connectivity index (χ0) is 25.1. The fourth-order valence-corrected chi connectivity index (χ4v) is 5.90. The smallest absolute Gasteiger partial charge is 0.326 e. The normalized spacial score (nSPS) is 16.0. The predicted molar refractivity (Wildman–Crippen MR) is 123 cm³/mol. The summed E-state index contributed by atoms with van der Waals surface area (Å²) in [5.41, 5.74) is -0.322. The number of aliphatic hydroxyl groups is 1. The molecule has 1 saturated heterocycles. The molecule has 0 spiro atoms. The summed E-state index contributed by atoms with van der Waals surface area (Å²) in [6.07, 6.45) is -0.521. The molecule has 4 amide bonds. The van der Waals surface area contributed by atoms with Gasteiger partial charge < -0.3 is 10.0 Å². The molecule has 2 aromatic carbocycles. The fourth-order valence-electron chi connectivity index (χ4n) is 3.78. The van der Waals surface area contributed by atoms with Crippen LogP contribution in [0.1, 0.15) is 12.8 Å². The minimum Gasteiger partial charge on any atom is -0.379 e. The summed E-state index contributed by atoms with van der Waals surface area (Å²) in [5.74, 6) is -2.83. The van der Waals surface area contributed by atoms with Gasteiger partial charge in [-0.3, -0.25) is 19.7 Å². The van der Waals surface area contributed by atoms with Crippen molar-refractivity contribution in [3.05, 3.63) is 53.6 Å². The Balaban J connectivity index is 1.87. The molecule has 1 atom stereocenters. The van der Waals surface area contributed by atoms with Crippen LogP contribution in [-0.2, 0) is 19.4 Å². The molecular formula is C22H24ClN3O7S. The molecule has 182 valence electrons. The molecule has 3 rings (SSSR count). The average Bonchev–Trinajstić information content (AvgIpc) is 3.04. The van der Waals surface area contributed by atoms with E-state index in [1.165, 1.54) is 35.6 Å². The summed E-state index contributed by atoms with van der Waals surface area (Å²) >= 11 is 6.05. The van der Waals surface area contributed by atoms with Crippen LogP contribution in [0.3, 0.4) is 0 Å². The largest absolute Gasteiger partial charge is 0.379 e. The second-order valence-electron chi connectivity index (χ2n) is 8.03. The van der Waals surface area contributed by atoms with Crippen LogP contribution in [0.4, 0.5) is 4.79 Å². The SMILES string of the molecule is CN1CC(=O)N(CCCC(O)(CS(=O)(=O)c2cc(Cl)ccc2-c2ccccc2)C(=O)NO)C1=O. The van der Waals surface area contributed by atoms with E-state index in [1.54, 1.807) is 30.3 Å². The van der Waals surface area contributed by atoms with Crippen LogP contribution < -0.4 is 5.48 Å². The monoisotopic (exact) mass is 509 g/mol. The number of nitrogens with one attached hydrogen (secondary N) is 1. The Hall–Kier alpha value is -2.99. The Bertz CT molecular complexity index is 1210. The Morgan fingerprint density at radius 3 is 2.44 bits per heavy atom. The van der Waals surface area contributed by atoms with E-state index in [2.05, 4.69) is 0 Å². The van der Waals surface area contributed by atoms with Crippen molar-refractivity contribution in [2.24, 2.45) is 0 Å². The maximum Gasteiger partial charge on any atom is 0.326 e. The number of imide groups is 1. The Kier molecular flexibility index (Phi) is 7.61. The third kappa shape index (κ3) is 5.39. The van der Waals surface area contributed by atoms with Crippen LogP contribution in [0.25, 0.3) is 11.1 Å². The molecule has 1 fully saturated rings. The maximum atomic E-state index is 13.4. The highest BCUT2D eigenvalue weighted by Crippen LogP contribution is 2.32. The van der Waals surface area contributed by atoms with Crippen molar-refractivity contribution in [1.29, 1.82) is 0 Å². The first-order valence-electron chi connectivity index (χ1n) is 10.3. The van der Waals surface area contributed by atoms with Gasteiger partial charge in [0, 0.05) is 24.2 Å². The van der Waals surface area contributed by atoms with E-state index in [0.29, 0.717) is 11.1 Å². The zero-order valence-corrected chi connectivity index (χ0v) is 19.8. The lowest BCUT2D eigenvalue weighted by atomic mass is 9.99. The Morgan fingerprint density at radius 2 is 1.85 bits per heavy atom. The van der Waals surface area contributed by atoms with Crippen molar-refractivity contribution in [3.63, 3.8) is 0 Å². The van der Waals surface area contributed by atoms with E-state index in [9.17, 15) is 27.9 Å². The first-order valence-corrected chi connectivity index (χ1v) is 12.3. The van der Waals surface area contributed by atoms with Crippen molar-refractivity contribution < 1.29 is 33.1 Å². The lowest BCUT2D eigenvalue weighted by Crippen LogP contribution is -2.51. The minimum absolute atomic E-state index is 0.0775. The van der Waals surface area contributed by atoms with Crippen molar-refractivity contribution >= 4 is 39.3 Å². The van der Waals surface area contributed by atoms with Crippen molar-refractivity contribution in [2.45, 2.75) is 23.3 Å². The number of halogens is 1. The van der Waals surface area contributed by atoms with Crippen molar-refractivity contribution in [3.8, 4) is 11.1 Å². The molecule has 0 saturated carbocycles. The van der Waals surface area contributed by atoms with Gasteiger partial charge in [-0.05, 0) is 30.5 Å². The van der Waals surface area contributed by atoms with Gasteiger partial charge in [-0.25, -0.2) is 18.7 Å². The van der Waals surface area contributed by atoms with E-state index >= 15 is 0 Å². The van der Waals surface area contributed by atoms with Crippen LogP contribution in [0.15, 0.2) is 53.4 Å². The fraction of sp³-hybridized carbons (Fsp3) is 0.318. The zero-order valence-electron chi connectivity index (χ0n) is 18.3. The summed E-state index contributed by atoms with van der Waals surface area (Å²) < 4.78 is 26.8. The van der Waals surface area contributed by atoms with Crippen LogP contribution in [0, 0.1) is 0 Å².